The van der Waals surface area contributed by atoms with E-state index in [1.165, 1.54) is 21.5 Å². The molecule has 0 saturated heterocycles. The first-order valence-corrected chi connectivity index (χ1v) is 17.4. The standard InChI is InChI=1S/C45H29N5O/c1-3-12-27(13-4-1)43-47-44(28-14-5-2-6-15-28)49-45(48-43)34-18-11-21-39-40(34)35-26-29(22-25-38(35)51-39)50-37-20-10-8-17-31(37)33-24-23-32-30-16-7-9-19-36(30)46-41(32)42(33)50/h1,3-5,7-26,46H,2,6H2. The minimum Gasteiger partial charge on any atom is -0.456 e. The number of furan rings is 1. The van der Waals surface area contributed by atoms with E-state index >= 15 is 0 Å². The fourth-order valence-corrected chi connectivity index (χ4v) is 7.90. The Kier molecular flexibility index (Phi) is 5.98. The van der Waals surface area contributed by atoms with Gasteiger partial charge in [0.25, 0.3) is 0 Å². The smallest absolute Gasteiger partial charge is 0.164 e. The minimum absolute atomic E-state index is 0.620. The van der Waals surface area contributed by atoms with E-state index in [4.69, 9.17) is 19.4 Å². The monoisotopic (exact) mass is 655 g/mol. The Morgan fingerprint density at radius 2 is 1.39 bits per heavy atom. The average molecular weight is 656 g/mol. The lowest BCUT2D eigenvalue weighted by atomic mass is 10.0. The van der Waals surface area contributed by atoms with Crippen LogP contribution in [0.4, 0.5) is 0 Å². The van der Waals surface area contributed by atoms with Crippen LogP contribution in [0.1, 0.15) is 18.7 Å². The van der Waals surface area contributed by atoms with E-state index in [1.54, 1.807) is 0 Å². The Labute approximate surface area is 292 Å². The van der Waals surface area contributed by atoms with Gasteiger partial charge in [-0.1, -0.05) is 109 Å². The molecular weight excluding hydrogens is 627 g/mol. The van der Waals surface area contributed by atoms with Crippen LogP contribution in [0.5, 0.6) is 0 Å². The largest absolute Gasteiger partial charge is 0.456 e. The molecule has 0 aliphatic heterocycles. The van der Waals surface area contributed by atoms with Crippen LogP contribution < -0.4 is 0 Å². The highest BCUT2D eigenvalue weighted by Crippen LogP contribution is 2.41. The summed E-state index contributed by atoms with van der Waals surface area (Å²) < 4.78 is 8.91. The highest BCUT2D eigenvalue weighted by Gasteiger charge is 2.21. The number of fused-ring (bicyclic) bond motifs is 10. The molecule has 0 saturated carbocycles. The molecule has 0 fully saturated rings. The van der Waals surface area contributed by atoms with Crippen LogP contribution in [0.3, 0.4) is 0 Å². The van der Waals surface area contributed by atoms with Crippen molar-refractivity contribution in [2.75, 3.05) is 0 Å². The summed E-state index contributed by atoms with van der Waals surface area (Å²) in [6.07, 6.45) is 8.50. The maximum atomic E-state index is 6.52. The molecule has 1 aliphatic carbocycles. The molecule has 1 aliphatic rings. The molecule has 240 valence electrons. The van der Waals surface area contributed by atoms with Crippen molar-refractivity contribution in [3.05, 3.63) is 151 Å². The number of nitrogens with zero attached hydrogens (tertiary/aromatic N) is 4. The zero-order valence-electron chi connectivity index (χ0n) is 27.5. The molecule has 51 heavy (non-hydrogen) atoms. The molecule has 0 unspecified atom stereocenters. The second-order valence-corrected chi connectivity index (χ2v) is 13.2. The van der Waals surface area contributed by atoms with Crippen molar-refractivity contribution < 1.29 is 4.42 Å². The van der Waals surface area contributed by atoms with E-state index in [-0.39, 0.29) is 0 Å². The molecule has 0 spiro atoms. The summed E-state index contributed by atoms with van der Waals surface area (Å²) in [5.74, 6) is 1.94. The van der Waals surface area contributed by atoms with Crippen LogP contribution in [0.25, 0.3) is 99.6 Å². The van der Waals surface area contributed by atoms with Crippen molar-refractivity contribution in [3.8, 4) is 28.5 Å². The van der Waals surface area contributed by atoms with Crippen LogP contribution in [0.15, 0.2) is 150 Å². The second kappa shape index (κ2) is 10.9. The van der Waals surface area contributed by atoms with Crippen LogP contribution in [-0.4, -0.2) is 24.5 Å². The van der Waals surface area contributed by atoms with Gasteiger partial charge in [-0.2, -0.15) is 0 Å². The normalized spacial score (nSPS) is 13.4. The molecule has 11 rings (SSSR count). The Morgan fingerprint density at radius 3 is 2.29 bits per heavy atom. The fourth-order valence-electron chi connectivity index (χ4n) is 7.90. The number of H-pyrrole nitrogens is 1. The lowest BCUT2D eigenvalue weighted by Gasteiger charge is -2.11. The van der Waals surface area contributed by atoms with Gasteiger partial charge in [0.1, 0.15) is 11.2 Å². The Bertz CT molecular complexity index is 3090. The third-order valence-corrected chi connectivity index (χ3v) is 10.2. The van der Waals surface area contributed by atoms with E-state index in [0.717, 1.165) is 79.2 Å². The number of hydrogen-bond donors (Lipinski definition) is 1. The van der Waals surface area contributed by atoms with Gasteiger partial charge in [-0.25, -0.2) is 15.0 Å². The first-order chi connectivity index (χ1) is 25.3. The number of rotatable bonds is 4. The predicted molar refractivity (Wildman–Crippen MR) is 208 cm³/mol. The van der Waals surface area contributed by atoms with Gasteiger partial charge in [-0.15, -0.1) is 0 Å². The summed E-state index contributed by atoms with van der Waals surface area (Å²) in [6.45, 7) is 0. The first kappa shape index (κ1) is 28.1. The topological polar surface area (TPSA) is 72.5 Å². The summed E-state index contributed by atoms with van der Waals surface area (Å²) in [4.78, 5) is 18.9. The molecule has 0 amide bonds. The number of benzene rings is 6. The quantitative estimate of drug-likeness (QED) is 0.205. The molecule has 0 atom stereocenters. The first-order valence-electron chi connectivity index (χ1n) is 17.4. The maximum Gasteiger partial charge on any atom is 0.164 e. The highest BCUT2D eigenvalue weighted by atomic mass is 16.3. The van der Waals surface area contributed by atoms with E-state index < -0.39 is 0 Å². The van der Waals surface area contributed by atoms with Crippen LogP contribution in [0, 0.1) is 0 Å². The van der Waals surface area contributed by atoms with Gasteiger partial charge in [0.05, 0.1) is 16.6 Å². The predicted octanol–water partition coefficient (Wildman–Crippen LogP) is 11.6. The molecule has 6 heteroatoms. The summed E-state index contributed by atoms with van der Waals surface area (Å²) >= 11 is 0. The number of para-hydroxylation sites is 2. The van der Waals surface area contributed by atoms with Gasteiger partial charge in [-0.3, -0.25) is 0 Å². The molecule has 0 bridgehead atoms. The molecule has 6 aromatic carbocycles. The molecule has 4 heterocycles. The van der Waals surface area contributed by atoms with E-state index in [0.29, 0.717) is 17.5 Å². The van der Waals surface area contributed by atoms with Gasteiger partial charge >= 0.3 is 0 Å². The van der Waals surface area contributed by atoms with Crippen molar-refractivity contribution in [2.45, 2.75) is 12.8 Å². The van der Waals surface area contributed by atoms with Gasteiger partial charge in [0, 0.05) is 60.2 Å². The lowest BCUT2D eigenvalue weighted by Crippen LogP contribution is -2.03. The summed E-state index contributed by atoms with van der Waals surface area (Å²) in [5, 5.41) is 6.84. The number of aromatic nitrogens is 5. The highest BCUT2D eigenvalue weighted by molar-refractivity contribution is 6.23. The number of nitrogens with one attached hydrogen (secondary N) is 1. The molecule has 6 nitrogen and oxygen atoms in total. The van der Waals surface area contributed by atoms with Crippen molar-refractivity contribution in [1.29, 1.82) is 0 Å². The van der Waals surface area contributed by atoms with Crippen molar-refractivity contribution in [2.24, 2.45) is 0 Å². The summed E-state index contributed by atoms with van der Waals surface area (Å²) in [6, 6.07) is 44.5. The van der Waals surface area contributed by atoms with Crippen LogP contribution >= 0.6 is 0 Å². The third-order valence-electron chi connectivity index (χ3n) is 10.2. The van der Waals surface area contributed by atoms with Gasteiger partial charge < -0.3 is 14.0 Å². The number of allylic oxidation sites excluding steroid dienone is 4. The average Bonchev–Trinajstić information content (AvgIpc) is 3.88. The fraction of sp³-hybridized carbons (Fsp3) is 0.0444. The maximum absolute atomic E-state index is 6.52. The van der Waals surface area contributed by atoms with Gasteiger partial charge in [0.2, 0.25) is 0 Å². The van der Waals surface area contributed by atoms with Crippen LogP contribution in [0.2, 0.25) is 0 Å². The Balaban J connectivity index is 1.18. The molecular formula is C45H29N5O. The summed E-state index contributed by atoms with van der Waals surface area (Å²) in [5.41, 5.74) is 10.1. The molecule has 4 aromatic heterocycles. The van der Waals surface area contributed by atoms with Crippen molar-refractivity contribution in [3.63, 3.8) is 0 Å². The van der Waals surface area contributed by atoms with E-state index in [2.05, 4.69) is 113 Å². The minimum atomic E-state index is 0.620. The Hall–Kier alpha value is -6.79. The molecule has 1 N–H and O–H groups in total. The zero-order chi connectivity index (χ0) is 33.5. The van der Waals surface area contributed by atoms with E-state index in [9.17, 15) is 0 Å². The second-order valence-electron chi connectivity index (χ2n) is 13.2. The SMILES string of the molecule is C1=CC(c2nc(-c3ccccc3)nc(-c3cccc4oc5ccc(-n6c7ccccc7c7ccc8c9ccccc9[nH]c8c76)cc5c34)n2)=CCC1. The van der Waals surface area contributed by atoms with Crippen molar-refractivity contribution >= 4 is 71.1 Å². The molecule has 0 radical (unpaired) electrons. The van der Waals surface area contributed by atoms with Gasteiger partial charge in [0.15, 0.2) is 17.5 Å². The number of hydrogen-bond acceptors (Lipinski definition) is 4. The Morgan fingerprint density at radius 1 is 0.588 bits per heavy atom. The summed E-state index contributed by atoms with van der Waals surface area (Å²) in [7, 11) is 0. The van der Waals surface area contributed by atoms with E-state index in [1.807, 2.05) is 42.5 Å². The van der Waals surface area contributed by atoms with Crippen molar-refractivity contribution in [1.82, 2.24) is 24.5 Å². The lowest BCUT2D eigenvalue weighted by molar-refractivity contribution is 0.669. The zero-order valence-corrected chi connectivity index (χ0v) is 27.5. The third kappa shape index (κ3) is 4.26. The number of aromatic amines is 1. The van der Waals surface area contributed by atoms with Crippen LogP contribution in [-0.2, 0) is 0 Å². The molecule has 10 aromatic rings. The van der Waals surface area contributed by atoms with Gasteiger partial charge in [-0.05, 0) is 49.2 Å².